The fourth-order valence-corrected chi connectivity index (χ4v) is 10.6. The van der Waals surface area contributed by atoms with Crippen molar-refractivity contribution in [3.8, 4) is 0 Å². The quantitative estimate of drug-likeness (QED) is 0.488. The van der Waals surface area contributed by atoms with E-state index < -0.39 is 0 Å². The Morgan fingerprint density at radius 3 is 1.96 bits per heavy atom. The van der Waals surface area contributed by atoms with Crippen LogP contribution >= 0.6 is 9.24 Å². The lowest BCUT2D eigenvalue weighted by Crippen LogP contribution is -2.50. The lowest BCUT2D eigenvalue weighted by Gasteiger charge is -2.55. The maximum atomic E-state index is 3.42. The Labute approximate surface area is 163 Å². The lowest BCUT2D eigenvalue weighted by atomic mass is 9.51. The Morgan fingerprint density at radius 2 is 1.23 bits per heavy atom. The van der Waals surface area contributed by atoms with Crippen molar-refractivity contribution < 1.29 is 0 Å². The van der Waals surface area contributed by atoms with Crippen LogP contribution in [0.25, 0.3) is 0 Å². The first kappa shape index (κ1) is 16.3. The number of hydrogen-bond acceptors (Lipinski definition) is 0. The number of fused-ring (bicyclic) bond motifs is 10. The van der Waals surface area contributed by atoms with Gasteiger partial charge in [-0.25, -0.2) is 0 Å². The summed E-state index contributed by atoms with van der Waals surface area (Å²) >= 11 is 0. The molecule has 0 N–H and O–H groups in total. The summed E-state index contributed by atoms with van der Waals surface area (Å²) in [6.07, 6.45) is 12.8. The molecule has 1 heteroatoms. The van der Waals surface area contributed by atoms with Crippen LogP contribution in [0.2, 0.25) is 0 Å². The van der Waals surface area contributed by atoms with E-state index in [1.807, 2.05) is 0 Å². The highest BCUT2D eigenvalue weighted by atomic mass is 31.0. The second kappa shape index (κ2) is 5.32. The van der Waals surface area contributed by atoms with Crippen molar-refractivity contribution in [2.45, 2.75) is 70.9 Å². The van der Waals surface area contributed by atoms with Crippen LogP contribution in [0.5, 0.6) is 0 Å². The molecule has 0 aromatic heterocycles. The zero-order valence-corrected chi connectivity index (χ0v) is 18.0. The molecule has 26 heavy (non-hydrogen) atoms. The molecule has 0 saturated heterocycles. The molecule has 0 bridgehead atoms. The first-order valence-corrected chi connectivity index (χ1v) is 13.1. The molecule has 7 aliphatic rings. The van der Waals surface area contributed by atoms with Gasteiger partial charge in [-0.1, -0.05) is 13.8 Å². The monoisotopic (exact) mass is 370 g/mol. The summed E-state index contributed by atoms with van der Waals surface area (Å²) in [5.74, 6) is 15.8. The molecular formula is C25H39P. The SMILES string of the molecule is CC1CC(C2CC2)C(C)[C@H](P)C2CC[C@@H]2[C@@H]2C3CC3C2C2C1C[C@H]1CC21. The van der Waals surface area contributed by atoms with Gasteiger partial charge in [-0.05, 0) is 140 Å². The number of rotatable bonds is 1. The third kappa shape index (κ3) is 2.07. The van der Waals surface area contributed by atoms with Gasteiger partial charge in [-0.3, -0.25) is 0 Å². The van der Waals surface area contributed by atoms with Crippen molar-refractivity contribution in [2.24, 2.45) is 82.9 Å². The average Bonchev–Trinajstić information content (AvgIpc) is 3.46. The molecule has 7 saturated carbocycles. The Balaban J connectivity index is 1.27. The van der Waals surface area contributed by atoms with Crippen LogP contribution in [-0.2, 0) is 0 Å². The van der Waals surface area contributed by atoms with Crippen LogP contribution in [0, 0.1) is 82.9 Å². The zero-order chi connectivity index (χ0) is 17.3. The highest BCUT2D eigenvalue weighted by Crippen LogP contribution is 2.77. The van der Waals surface area contributed by atoms with Gasteiger partial charge >= 0.3 is 0 Å². The second-order valence-corrected chi connectivity index (χ2v) is 13.2. The summed E-state index contributed by atoms with van der Waals surface area (Å²) in [7, 11) is 3.42. The van der Waals surface area contributed by atoms with E-state index in [1.165, 1.54) is 41.4 Å². The minimum Gasteiger partial charge on any atom is -0.134 e. The van der Waals surface area contributed by atoms with Crippen molar-refractivity contribution >= 4 is 9.24 Å². The molecule has 11 unspecified atom stereocenters. The fraction of sp³-hybridized carbons (Fsp3) is 1.00. The molecule has 7 fully saturated rings. The van der Waals surface area contributed by atoms with Gasteiger partial charge in [0.15, 0.2) is 0 Å². The largest absolute Gasteiger partial charge is 0.134 e. The second-order valence-electron chi connectivity index (χ2n) is 12.4. The van der Waals surface area contributed by atoms with Crippen LogP contribution in [0.3, 0.4) is 0 Å². The molecule has 0 nitrogen and oxygen atoms in total. The van der Waals surface area contributed by atoms with E-state index in [2.05, 4.69) is 23.1 Å². The Bertz CT molecular complexity index is 609. The van der Waals surface area contributed by atoms with Gasteiger partial charge in [0.1, 0.15) is 0 Å². The summed E-state index contributed by atoms with van der Waals surface area (Å²) in [5, 5.41) is 0. The molecule has 0 radical (unpaired) electrons. The molecule has 144 valence electrons. The Hall–Kier alpha value is 0.430. The fourth-order valence-electron chi connectivity index (χ4n) is 9.86. The standard InChI is InChI=1S/C25H39P/c1-11-7-18(13-3-4-13)12(2)25(26)16-6-5-15(16)22-20-10-21(20)24(22)23-17(11)8-14-9-19(14)23/h11-25H,3-10,26H2,1-2H3/t11?,12?,14-,15-,16?,17?,18?,19?,20?,21?,22+,23?,24?,25-/m0/s1. The first-order chi connectivity index (χ1) is 12.6. The predicted octanol–water partition coefficient (Wildman–Crippen LogP) is 6.11. The summed E-state index contributed by atoms with van der Waals surface area (Å²) in [6.45, 7) is 5.37. The highest BCUT2D eigenvalue weighted by Gasteiger charge is 2.71. The van der Waals surface area contributed by atoms with E-state index >= 15 is 0 Å². The van der Waals surface area contributed by atoms with Gasteiger partial charge < -0.3 is 0 Å². The van der Waals surface area contributed by atoms with E-state index in [-0.39, 0.29) is 0 Å². The first-order valence-electron chi connectivity index (χ1n) is 12.4. The molecule has 7 aliphatic carbocycles. The molecule has 0 aromatic rings. The summed E-state index contributed by atoms with van der Waals surface area (Å²) < 4.78 is 0. The smallest absolute Gasteiger partial charge is 0.0205 e. The van der Waals surface area contributed by atoms with Gasteiger partial charge in [0.05, 0.1) is 0 Å². The van der Waals surface area contributed by atoms with Crippen molar-refractivity contribution in [2.75, 3.05) is 0 Å². The molecular weight excluding hydrogens is 331 g/mol. The molecule has 0 amide bonds. The normalized spacial score (nSPS) is 68.0. The minimum atomic E-state index is 0.927. The Kier molecular flexibility index (Phi) is 3.32. The lowest BCUT2D eigenvalue weighted by molar-refractivity contribution is -0.0529. The van der Waals surface area contributed by atoms with Crippen molar-refractivity contribution in [1.82, 2.24) is 0 Å². The average molecular weight is 371 g/mol. The Morgan fingerprint density at radius 1 is 0.538 bits per heavy atom. The molecule has 0 aliphatic heterocycles. The molecule has 0 spiro atoms. The van der Waals surface area contributed by atoms with E-state index in [0.29, 0.717) is 0 Å². The molecule has 0 heterocycles. The van der Waals surface area contributed by atoms with Gasteiger partial charge in [0, 0.05) is 0 Å². The van der Waals surface area contributed by atoms with Crippen molar-refractivity contribution in [1.29, 1.82) is 0 Å². The van der Waals surface area contributed by atoms with Crippen LogP contribution in [0.15, 0.2) is 0 Å². The number of hydrogen-bond donors (Lipinski definition) is 0. The van der Waals surface area contributed by atoms with E-state index in [1.54, 1.807) is 51.4 Å². The van der Waals surface area contributed by atoms with Gasteiger partial charge in [0.2, 0.25) is 0 Å². The van der Waals surface area contributed by atoms with E-state index in [0.717, 1.165) is 47.1 Å². The summed E-state index contributed by atoms with van der Waals surface area (Å²) in [4.78, 5) is 0. The van der Waals surface area contributed by atoms with E-state index in [9.17, 15) is 0 Å². The molecule has 0 aromatic carbocycles. The van der Waals surface area contributed by atoms with Gasteiger partial charge in [-0.2, -0.15) is 0 Å². The van der Waals surface area contributed by atoms with Crippen LogP contribution < -0.4 is 0 Å². The third-order valence-corrected chi connectivity index (χ3v) is 12.7. The molecule has 7 rings (SSSR count). The van der Waals surface area contributed by atoms with Crippen LogP contribution in [0.1, 0.15) is 65.2 Å². The minimum absolute atomic E-state index is 0.927. The zero-order valence-electron chi connectivity index (χ0n) is 16.9. The maximum Gasteiger partial charge on any atom is -0.0205 e. The predicted molar refractivity (Wildman–Crippen MR) is 111 cm³/mol. The summed E-state index contributed by atoms with van der Waals surface area (Å²) in [5.41, 5.74) is 0.927. The molecule has 15 atom stereocenters. The van der Waals surface area contributed by atoms with E-state index in [4.69, 9.17) is 0 Å². The van der Waals surface area contributed by atoms with Crippen molar-refractivity contribution in [3.63, 3.8) is 0 Å². The third-order valence-electron chi connectivity index (χ3n) is 11.6. The van der Waals surface area contributed by atoms with Crippen LogP contribution in [-0.4, -0.2) is 5.66 Å². The van der Waals surface area contributed by atoms with Crippen molar-refractivity contribution in [3.05, 3.63) is 0 Å². The van der Waals surface area contributed by atoms with Gasteiger partial charge in [0.25, 0.3) is 0 Å². The van der Waals surface area contributed by atoms with Gasteiger partial charge in [-0.15, -0.1) is 9.24 Å². The topological polar surface area (TPSA) is 0 Å². The summed E-state index contributed by atoms with van der Waals surface area (Å²) in [6, 6.07) is 0. The van der Waals surface area contributed by atoms with Crippen LogP contribution in [0.4, 0.5) is 0 Å². The maximum absolute atomic E-state index is 3.42. The highest BCUT2D eigenvalue weighted by molar-refractivity contribution is 7.17.